The number of hydrogen-bond donors (Lipinski definition) is 0. The van der Waals surface area contributed by atoms with Gasteiger partial charge < -0.3 is 14.4 Å². The zero-order chi connectivity index (χ0) is 14.9. The highest BCUT2D eigenvalue weighted by Gasteiger charge is 2.37. The summed E-state index contributed by atoms with van der Waals surface area (Å²) >= 11 is 0. The number of anilines is 1. The van der Waals surface area contributed by atoms with Gasteiger partial charge in [-0.2, -0.15) is 0 Å². The first-order valence-corrected chi connectivity index (χ1v) is 6.91. The van der Waals surface area contributed by atoms with Gasteiger partial charge in [0.2, 0.25) is 0 Å². The van der Waals surface area contributed by atoms with Crippen molar-refractivity contribution >= 4 is 11.7 Å². The predicted molar refractivity (Wildman–Crippen MR) is 79.5 cm³/mol. The number of hydrogen-bond acceptors (Lipinski definition) is 4. The van der Waals surface area contributed by atoms with E-state index in [9.17, 15) is 4.79 Å². The van der Waals surface area contributed by atoms with Crippen LogP contribution in [0.4, 0.5) is 5.69 Å². The summed E-state index contributed by atoms with van der Waals surface area (Å²) in [5.41, 5.74) is 2.24. The van der Waals surface area contributed by atoms with E-state index >= 15 is 0 Å². The van der Waals surface area contributed by atoms with E-state index in [2.05, 4.69) is 31.7 Å². The summed E-state index contributed by atoms with van der Waals surface area (Å²) < 4.78 is 10.2. The summed E-state index contributed by atoms with van der Waals surface area (Å²) in [6, 6.07) is 6.08. The fraction of sp³-hybridized carbons (Fsp3) is 0.562. The van der Waals surface area contributed by atoms with Crippen LogP contribution in [0.1, 0.15) is 38.7 Å². The van der Waals surface area contributed by atoms with E-state index in [1.54, 1.807) is 7.11 Å². The SMILES string of the molecule is COC(=O)CN1c2cc(OC)ccc2[C@@H](C)CC1(C)C. The summed E-state index contributed by atoms with van der Waals surface area (Å²) in [5.74, 6) is 1.05. The number of methoxy groups -OCH3 is 2. The van der Waals surface area contributed by atoms with Crippen molar-refractivity contribution in [2.24, 2.45) is 0 Å². The Morgan fingerprint density at radius 2 is 2.10 bits per heavy atom. The second-order valence-electron chi connectivity index (χ2n) is 6.00. The van der Waals surface area contributed by atoms with Crippen LogP contribution in [-0.4, -0.2) is 32.3 Å². The van der Waals surface area contributed by atoms with Crippen molar-refractivity contribution in [1.82, 2.24) is 0 Å². The monoisotopic (exact) mass is 277 g/mol. The largest absolute Gasteiger partial charge is 0.497 e. The van der Waals surface area contributed by atoms with E-state index in [1.807, 2.05) is 12.1 Å². The van der Waals surface area contributed by atoms with Crippen LogP contribution in [-0.2, 0) is 9.53 Å². The molecule has 1 atom stereocenters. The quantitative estimate of drug-likeness (QED) is 0.796. The predicted octanol–water partition coefficient (Wildman–Crippen LogP) is 2.96. The minimum absolute atomic E-state index is 0.0903. The number of carbonyl (C=O) groups is 1. The van der Waals surface area contributed by atoms with Crippen LogP contribution in [0.25, 0.3) is 0 Å². The Morgan fingerprint density at radius 1 is 1.40 bits per heavy atom. The van der Waals surface area contributed by atoms with Gasteiger partial charge in [0.25, 0.3) is 0 Å². The minimum Gasteiger partial charge on any atom is -0.497 e. The van der Waals surface area contributed by atoms with Gasteiger partial charge >= 0.3 is 5.97 Å². The third-order valence-electron chi connectivity index (χ3n) is 4.11. The summed E-state index contributed by atoms with van der Waals surface area (Å²) in [5, 5.41) is 0. The Hall–Kier alpha value is -1.71. The third-order valence-corrected chi connectivity index (χ3v) is 4.11. The highest BCUT2D eigenvalue weighted by Crippen LogP contribution is 2.44. The molecule has 0 spiro atoms. The van der Waals surface area contributed by atoms with Gasteiger partial charge in [0.1, 0.15) is 12.3 Å². The lowest BCUT2D eigenvalue weighted by Crippen LogP contribution is -2.50. The molecule has 110 valence electrons. The average molecular weight is 277 g/mol. The molecule has 1 aromatic rings. The van der Waals surface area contributed by atoms with E-state index in [1.165, 1.54) is 12.7 Å². The zero-order valence-electron chi connectivity index (χ0n) is 12.9. The van der Waals surface area contributed by atoms with Crippen LogP contribution in [0.5, 0.6) is 5.75 Å². The topological polar surface area (TPSA) is 38.8 Å². The van der Waals surface area contributed by atoms with E-state index in [4.69, 9.17) is 9.47 Å². The van der Waals surface area contributed by atoms with Crippen LogP contribution in [0.2, 0.25) is 0 Å². The molecule has 0 radical (unpaired) electrons. The normalized spacial score (nSPS) is 20.2. The fourth-order valence-corrected chi connectivity index (χ4v) is 3.09. The number of esters is 1. The Morgan fingerprint density at radius 3 is 2.70 bits per heavy atom. The molecule has 0 saturated carbocycles. The van der Waals surface area contributed by atoms with Crippen LogP contribution in [0.3, 0.4) is 0 Å². The average Bonchev–Trinajstić information content (AvgIpc) is 2.41. The number of fused-ring (bicyclic) bond motifs is 1. The zero-order valence-corrected chi connectivity index (χ0v) is 12.9. The molecule has 0 saturated heterocycles. The molecule has 0 bridgehead atoms. The molecule has 0 N–H and O–H groups in total. The summed E-state index contributed by atoms with van der Waals surface area (Å²) in [4.78, 5) is 13.8. The molecule has 0 aliphatic carbocycles. The van der Waals surface area contributed by atoms with Gasteiger partial charge in [-0.1, -0.05) is 13.0 Å². The minimum atomic E-state index is -0.221. The molecule has 4 heteroatoms. The molecule has 1 heterocycles. The van der Waals surface area contributed by atoms with Crippen molar-refractivity contribution < 1.29 is 14.3 Å². The number of rotatable bonds is 3. The van der Waals surface area contributed by atoms with E-state index in [-0.39, 0.29) is 18.1 Å². The third kappa shape index (κ3) is 2.60. The lowest BCUT2D eigenvalue weighted by Gasteiger charge is -2.47. The van der Waals surface area contributed by atoms with Gasteiger partial charge in [-0.15, -0.1) is 0 Å². The molecule has 20 heavy (non-hydrogen) atoms. The van der Waals surface area contributed by atoms with Gasteiger partial charge in [0.15, 0.2) is 0 Å². The Kier molecular flexibility index (Phi) is 3.93. The first-order chi connectivity index (χ1) is 9.39. The summed E-state index contributed by atoms with van der Waals surface area (Å²) in [7, 11) is 3.08. The van der Waals surface area contributed by atoms with Crippen LogP contribution < -0.4 is 9.64 Å². The maximum absolute atomic E-state index is 11.7. The molecule has 1 aliphatic rings. The maximum Gasteiger partial charge on any atom is 0.325 e. The van der Waals surface area contributed by atoms with Crippen molar-refractivity contribution in [3.8, 4) is 5.75 Å². The van der Waals surface area contributed by atoms with Crippen molar-refractivity contribution in [1.29, 1.82) is 0 Å². The first kappa shape index (κ1) is 14.7. The number of nitrogens with zero attached hydrogens (tertiary/aromatic N) is 1. The molecule has 0 fully saturated rings. The molecule has 1 aromatic carbocycles. The van der Waals surface area contributed by atoms with Crippen molar-refractivity contribution in [3.05, 3.63) is 23.8 Å². The van der Waals surface area contributed by atoms with E-state index < -0.39 is 0 Å². The van der Waals surface area contributed by atoms with Gasteiger partial charge in [0, 0.05) is 17.3 Å². The second kappa shape index (κ2) is 5.35. The Bertz CT molecular complexity index is 510. The summed E-state index contributed by atoms with van der Waals surface area (Å²) in [6.07, 6.45) is 1.00. The van der Waals surface area contributed by atoms with E-state index in [0.717, 1.165) is 17.9 Å². The number of carbonyl (C=O) groups excluding carboxylic acids is 1. The fourth-order valence-electron chi connectivity index (χ4n) is 3.09. The molecule has 0 aromatic heterocycles. The lowest BCUT2D eigenvalue weighted by molar-refractivity contribution is -0.139. The molecule has 4 nitrogen and oxygen atoms in total. The standard InChI is InChI=1S/C16H23NO3/c1-11-9-16(2,3)17(10-15(18)20-5)14-8-12(19-4)6-7-13(11)14/h6-8,11H,9-10H2,1-5H3/t11-/m0/s1. The van der Waals surface area contributed by atoms with Gasteiger partial charge in [-0.25, -0.2) is 0 Å². The molecule has 2 rings (SSSR count). The molecular weight excluding hydrogens is 254 g/mol. The van der Waals surface area contributed by atoms with Crippen molar-refractivity contribution in [2.45, 2.75) is 38.6 Å². The van der Waals surface area contributed by atoms with Crippen molar-refractivity contribution in [3.63, 3.8) is 0 Å². The molecule has 1 aliphatic heterocycles. The smallest absolute Gasteiger partial charge is 0.325 e. The first-order valence-electron chi connectivity index (χ1n) is 6.91. The van der Waals surface area contributed by atoms with Crippen molar-refractivity contribution in [2.75, 3.05) is 25.7 Å². The highest BCUT2D eigenvalue weighted by atomic mass is 16.5. The molecular formula is C16H23NO3. The van der Waals surface area contributed by atoms with Crippen LogP contribution in [0.15, 0.2) is 18.2 Å². The number of ether oxygens (including phenoxy) is 2. The molecule has 0 unspecified atom stereocenters. The highest BCUT2D eigenvalue weighted by molar-refractivity contribution is 5.78. The Balaban J connectivity index is 2.48. The van der Waals surface area contributed by atoms with Gasteiger partial charge in [-0.05, 0) is 37.8 Å². The Labute approximate surface area is 120 Å². The lowest BCUT2D eigenvalue weighted by atomic mass is 9.80. The van der Waals surface area contributed by atoms with E-state index in [0.29, 0.717) is 5.92 Å². The van der Waals surface area contributed by atoms with Gasteiger partial charge in [-0.3, -0.25) is 4.79 Å². The second-order valence-corrected chi connectivity index (χ2v) is 6.00. The number of benzene rings is 1. The molecule has 0 amide bonds. The van der Waals surface area contributed by atoms with Crippen LogP contribution >= 0.6 is 0 Å². The summed E-state index contributed by atoms with van der Waals surface area (Å²) in [6.45, 7) is 6.81. The van der Waals surface area contributed by atoms with Gasteiger partial charge in [0.05, 0.1) is 14.2 Å². The van der Waals surface area contributed by atoms with Crippen LogP contribution in [0, 0.1) is 0 Å². The maximum atomic E-state index is 11.7.